The fourth-order valence-electron chi connectivity index (χ4n) is 4.39. The van der Waals surface area contributed by atoms with Gasteiger partial charge in [0, 0.05) is 11.3 Å². The maximum atomic E-state index is 13.2. The number of carbonyl (C=O) groups excluding carboxylic acids is 2. The van der Waals surface area contributed by atoms with Gasteiger partial charge >= 0.3 is 0 Å². The summed E-state index contributed by atoms with van der Waals surface area (Å²) in [7, 11) is 1.53. The van der Waals surface area contributed by atoms with Crippen LogP contribution in [0.3, 0.4) is 0 Å². The number of amides is 1. The van der Waals surface area contributed by atoms with Crippen molar-refractivity contribution in [1.29, 1.82) is 0 Å². The van der Waals surface area contributed by atoms with Crippen LogP contribution in [0, 0.1) is 5.41 Å². The number of halogens is 1. The van der Waals surface area contributed by atoms with Gasteiger partial charge in [0.25, 0.3) is 0 Å². The summed E-state index contributed by atoms with van der Waals surface area (Å²) in [6.07, 6.45) is 5.07. The summed E-state index contributed by atoms with van der Waals surface area (Å²) in [5.74, 6) is 0.589. The minimum atomic E-state index is -0.566. The zero-order chi connectivity index (χ0) is 24.9. The third-order valence-corrected chi connectivity index (χ3v) is 7.97. The number of benzene rings is 1. The first-order valence-electron chi connectivity index (χ1n) is 11.7. The molecule has 0 saturated heterocycles. The van der Waals surface area contributed by atoms with Crippen LogP contribution in [-0.2, 0) is 30.5 Å². The van der Waals surface area contributed by atoms with Crippen molar-refractivity contribution in [2.24, 2.45) is 5.41 Å². The van der Waals surface area contributed by atoms with Gasteiger partial charge in [-0.05, 0) is 66.3 Å². The molecule has 2 N–H and O–H groups in total. The van der Waals surface area contributed by atoms with Crippen LogP contribution in [0.15, 0.2) is 12.1 Å². The molecule has 186 valence electrons. The number of fused-ring (bicyclic) bond motifs is 1. The lowest BCUT2D eigenvalue weighted by molar-refractivity contribution is -0.123. The molecule has 1 aromatic heterocycles. The van der Waals surface area contributed by atoms with E-state index in [-0.39, 0.29) is 18.9 Å². The summed E-state index contributed by atoms with van der Waals surface area (Å²) in [4.78, 5) is 26.6. The summed E-state index contributed by atoms with van der Waals surface area (Å²) in [5.41, 5.74) is 3.88. The van der Waals surface area contributed by atoms with E-state index in [1.165, 1.54) is 23.1 Å². The first-order chi connectivity index (χ1) is 16.2. The Kier molecular flexibility index (Phi) is 9.01. The predicted octanol–water partition coefficient (Wildman–Crippen LogP) is 4.79. The number of methoxy groups -OCH3 is 1. The van der Waals surface area contributed by atoms with Crippen molar-refractivity contribution in [3.05, 3.63) is 43.6 Å². The van der Waals surface area contributed by atoms with Crippen molar-refractivity contribution in [3.8, 4) is 11.5 Å². The van der Waals surface area contributed by atoms with Gasteiger partial charge in [-0.15, -0.1) is 11.3 Å². The topological polar surface area (TPSA) is 84.9 Å². The molecule has 0 bridgehead atoms. The standard InChI is InChI=1S/C26H34ClNO5S/c1-5-22-18-14-26(2,3)9-8-17(18)25(34-22)20(30)7-6-16-12-19(27)24(21(13-16)32-4)33-11-10-28-23(31)15-29/h12-13,29H,5-11,14-15H2,1-4H3,(H,28,31). The Balaban J connectivity index is 1.68. The van der Waals surface area contributed by atoms with Gasteiger partial charge in [-0.25, -0.2) is 0 Å². The molecular formula is C26H34ClNO5S. The number of rotatable bonds is 11. The highest BCUT2D eigenvalue weighted by atomic mass is 35.5. The molecule has 1 aliphatic rings. The molecule has 0 saturated carbocycles. The number of hydrogen-bond donors (Lipinski definition) is 2. The second-order valence-electron chi connectivity index (χ2n) is 9.39. The number of nitrogens with one attached hydrogen (secondary N) is 1. The number of Topliss-reactive ketones (excluding diaryl/α,β-unsaturated/α-hetero) is 1. The number of aliphatic hydroxyl groups excluding tert-OH is 1. The Bertz CT molecular complexity index is 1050. The van der Waals surface area contributed by atoms with Crippen LogP contribution in [0.4, 0.5) is 0 Å². The molecule has 0 spiro atoms. The average molecular weight is 508 g/mol. The first-order valence-corrected chi connectivity index (χ1v) is 12.9. The summed E-state index contributed by atoms with van der Waals surface area (Å²) < 4.78 is 11.1. The van der Waals surface area contributed by atoms with E-state index in [1.54, 1.807) is 17.4 Å². The molecule has 0 aliphatic heterocycles. The highest BCUT2D eigenvalue weighted by Gasteiger charge is 2.31. The average Bonchev–Trinajstić information content (AvgIpc) is 3.17. The zero-order valence-electron chi connectivity index (χ0n) is 20.4. The van der Waals surface area contributed by atoms with Gasteiger partial charge in [-0.2, -0.15) is 0 Å². The van der Waals surface area contributed by atoms with Crippen LogP contribution in [0.25, 0.3) is 0 Å². The zero-order valence-corrected chi connectivity index (χ0v) is 22.0. The molecule has 3 rings (SSSR count). The molecule has 0 fully saturated rings. The Labute approximate surface area is 210 Å². The molecule has 1 aromatic carbocycles. The predicted molar refractivity (Wildman–Crippen MR) is 136 cm³/mol. The van der Waals surface area contributed by atoms with Crippen molar-refractivity contribution in [2.75, 3.05) is 26.9 Å². The summed E-state index contributed by atoms with van der Waals surface area (Å²) >= 11 is 8.12. The summed E-state index contributed by atoms with van der Waals surface area (Å²) in [6.45, 7) is 6.63. The van der Waals surface area contributed by atoms with E-state index in [0.29, 0.717) is 34.8 Å². The number of aryl methyl sites for hydroxylation is 2. The van der Waals surface area contributed by atoms with Crippen molar-refractivity contribution in [1.82, 2.24) is 5.32 Å². The number of hydrogen-bond acceptors (Lipinski definition) is 6. The minimum absolute atomic E-state index is 0.180. The molecule has 2 aromatic rings. The van der Waals surface area contributed by atoms with E-state index in [1.807, 2.05) is 6.07 Å². The second kappa shape index (κ2) is 11.6. The number of thiophene rings is 1. The van der Waals surface area contributed by atoms with E-state index in [2.05, 4.69) is 26.1 Å². The fraction of sp³-hybridized carbons (Fsp3) is 0.538. The van der Waals surface area contributed by atoms with Gasteiger partial charge in [0.2, 0.25) is 5.91 Å². The second-order valence-corrected chi connectivity index (χ2v) is 10.9. The number of ether oxygens (including phenoxy) is 2. The molecule has 0 atom stereocenters. The van der Waals surface area contributed by atoms with E-state index < -0.39 is 12.5 Å². The lowest BCUT2D eigenvalue weighted by atomic mass is 9.74. The molecule has 0 radical (unpaired) electrons. The number of aliphatic hydroxyl groups is 1. The maximum Gasteiger partial charge on any atom is 0.245 e. The summed E-state index contributed by atoms with van der Waals surface area (Å²) in [5, 5.41) is 11.7. The van der Waals surface area contributed by atoms with Crippen LogP contribution in [0.5, 0.6) is 11.5 Å². The van der Waals surface area contributed by atoms with Crippen molar-refractivity contribution in [2.45, 2.75) is 59.3 Å². The van der Waals surface area contributed by atoms with Gasteiger partial charge in [-0.1, -0.05) is 32.4 Å². The fourth-order valence-corrected chi connectivity index (χ4v) is 5.95. The van der Waals surface area contributed by atoms with Crippen LogP contribution in [0.1, 0.15) is 64.9 Å². The molecule has 34 heavy (non-hydrogen) atoms. The molecule has 8 heteroatoms. The molecule has 1 heterocycles. The quantitative estimate of drug-likeness (QED) is 0.337. The first kappa shape index (κ1) is 26.5. The Morgan fingerprint density at radius 2 is 2.03 bits per heavy atom. The number of ketones is 1. The van der Waals surface area contributed by atoms with E-state index in [9.17, 15) is 9.59 Å². The lowest BCUT2D eigenvalue weighted by Gasteiger charge is -2.30. The maximum absolute atomic E-state index is 13.2. The molecule has 1 aliphatic carbocycles. The molecule has 1 amide bonds. The van der Waals surface area contributed by atoms with Gasteiger partial charge in [0.15, 0.2) is 17.3 Å². The van der Waals surface area contributed by atoms with Crippen LogP contribution >= 0.6 is 22.9 Å². The van der Waals surface area contributed by atoms with Gasteiger partial charge in [0.1, 0.15) is 13.2 Å². The summed E-state index contributed by atoms with van der Waals surface area (Å²) in [6, 6.07) is 3.63. The van der Waals surface area contributed by atoms with E-state index >= 15 is 0 Å². The van der Waals surface area contributed by atoms with Gasteiger partial charge in [0.05, 0.1) is 23.6 Å². The van der Waals surface area contributed by atoms with Crippen LogP contribution < -0.4 is 14.8 Å². The van der Waals surface area contributed by atoms with E-state index in [0.717, 1.165) is 36.1 Å². The Hall–Kier alpha value is -2.09. The highest BCUT2D eigenvalue weighted by Crippen LogP contribution is 2.42. The van der Waals surface area contributed by atoms with Crippen molar-refractivity contribution in [3.63, 3.8) is 0 Å². The number of carbonyl (C=O) groups is 2. The van der Waals surface area contributed by atoms with E-state index in [4.69, 9.17) is 26.2 Å². The largest absolute Gasteiger partial charge is 0.493 e. The Morgan fingerprint density at radius 1 is 1.26 bits per heavy atom. The SMILES string of the molecule is CCc1sc(C(=O)CCc2cc(Cl)c(OCCNC(=O)CO)c(OC)c2)c2c1CC(C)(C)CC2. The molecular weight excluding hydrogens is 474 g/mol. The van der Waals surface area contributed by atoms with Crippen molar-refractivity contribution < 1.29 is 24.2 Å². The third kappa shape index (κ3) is 6.32. The van der Waals surface area contributed by atoms with Gasteiger partial charge in [-0.3, -0.25) is 9.59 Å². The normalized spacial score (nSPS) is 14.4. The van der Waals surface area contributed by atoms with Crippen LogP contribution in [-0.4, -0.2) is 43.7 Å². The molecule has 6 nitrogen and oxygen atoms in total. The lowest BCUT2D eigenvalue weighted by Crippen LogP contribution is -2.30. The van der Waals surface area contributed by atoms with Crippen molar-refractivity contribution >= 4 is 34.6 Å². The van der Waals surface area contributed by atoms with Crippen LogP contribution in [0.2, 0.25) is 5.02 Å². The molecule has 0 unspecified atom stereocenters. The smallest absolute Gasteiger partial charge is 0.245 e. The monoisotopic (exact) mass is 507 g/mol. The van der Waals surface area contributed by atoms with Gasteiger partial charge < -0.3 is 19.9 Å². The third-order valence-electron chi connectivity index (χ3n) is 6.23. The Morgan fingerprint density at radius 3 is 2.71 bits per heavy atom. The minimum Gasteiger partial charge on any atom is -0.493 e. The highest BCUT2D eigenvalue weighted by molar-refractivity contribution is 7.14.